The molecule has 0 unspecified atom stereocenters. The molecule has 2 aromatic rings. The van der Waals surface area contributed by atoms with Crippen LogP contribution in [0.15, 0.2) is 21.0 Å². The lowest BCUT2D eigenvalue weighted by molar-refractivity contribution is 0.524. The number of aryl methyl sites for hydroxylation is 1. The van der Waals surface area contributed by atoms with Crippen LogP contribution in [0.25, 0.3) is 11.6 Å². The Morgan fingerprint density at radius 2 is 2.00 bits per heavy atom. The van der Waals surface area contributed by atoms with Gasteiger partial charge in [0.2, 0.25) is 0 Å². The summed E-state index contributed by atoms with van der Waals surface area (Å²) < 4.78 is 6.73. The van der Waals surface area contributed by atoms with E-state index in [1.165, 1.54) is 0 Å². The maximum Gasteiger partial charge on any atom is 0.197 e. The fourth-order valence-corrected chi connectivity index (χ4v) is 2.58. The number of aromatic nitrogens is 2. The molecule has 0 aromatic carbocycles. The van der Waals surface area contributed by atoms with Crippen molar-refractivity contribution in [1.29, 1.82) is 0 Å². The van der Waals surface area contributed by atoms with Gasteiger partial charge in [0, 0.05) is 13.0 Å². The average molecular weight is 352 g/mol. The van der Waals surface area contributed by atoms with Crippen molar-refractivity contribution in [2.24, 2.45) is 5.92 Å². The highest BCUT2D eigenvalue weighted by Crippen LogP contribution is 2.29. The van der Waals surface area contributed by atoms with Crippen LogP contribution < -0.4 is 5.32 Å². The minimum Gasteiger partial charge on any atom is -0.458 e. The van der Waals surface area contributed by atoms with E-state index in [1.807, 2.05) is 12.1 Å². The van der Waals surface area contributed by atoms with Gasteiger partial charge in [0.05, 0.1) is 10.2 Å². The molecule has 2 aromatic heterocycles. The van der Waals surface area contributed by atoms with Crippen molar-refractivity contribution in [3.8, 4) is 11.6 Å². The second kappa shape index (κ2) is 7.07. The van der Waals surface area contributed by atoms with Gasteiger partial charge >= 0.3 is 0 Å². The summed E-state index contributed by atoms with van der Waals surface area (Å²) in [6, 6.07) is 3.92. The van der Waals surface area contributed by atoms with Gasteiger partial charge in [-0.25, -0.2) is 9.97 Å². The van der Waals surface area contributed by atoms with E-state index in [0.717, 1.165) is 46.9 Å². The molecule has 0 fully saturated rings. The molecule has 0 radical (unpaired) electrons. The number of rotatable bonds is 6. The summed E-state index contributed by atoms with van der Waals surface area (Å²) >= 11 is 3.62. The van der Waals surface area contributed by atoms with Crippen molar-refractivity contribution in [3.05, 3.63) is 28.1 Å². The zero-order chi connectivity index (χ0) is 15.4. The number of halogens is 1. The van der Waals surface area contributed by atoms with E-state index < -0.39 is 0 Å². The van der Waals surface area contributed by atoms with Crippen LogP contribution in [0.5, 0.6) is 0 Å². The Labute approximate surface area is 134 Å². The van der Waals surface area contributed by atoms with Crippen LogP contribution in [0, 0.1) is 5.92 Å². The summed E-state index contributed by atoms with van der Waals surface area (Å²) in [5, 5.41) is 3.28. The van der Waals surface area contributed by atoms with Crippen molar-refractivity contribution >= 4 is 21.7 Å². The molecule has 4 nitrogen and oxygen atoms in total. The topological polar surface area (TPSA) is 51.0 Å². The van der Waals surface area contributed by atoms with Crippen LogP contribution in [0.4, 0.5) is 5.82 Å². The summed E-state index contributed by atoms with van der Waals surface area (Å²) in [6.07, 6.45) is 1.77. The predicted octanol–water partition coefficient (Wildman–Crippen LogP) is 4.69. The molecule has 0 atom stereocenters. The zero-order valence-electron chi connectivity index (χ0n) is 13.0. The van der Waals surface area contributed by atoms with Crippen molar-refractivity contribution in [2.75, 3.05) is 11.9 Å². The quantitative estimate of drug-likeness (QED) is 0.819. The number of furan rings is 1. The SMILES string of the molecule is CCNc1nc(-c2ccc(CC)o2)nc(CC(C)C)c1Br. The Morgan fingerprint density at radius 1 is 1.24 bits per heavy atom. The molecule has 0 bridgehead atoms. The first-order chi connectivity index (χ1) is 10.0. The third kappa shape index (κ3) is 3.84. The van der Waals surface area contributed by atoms with Gasteiger partial charge in [0.1, 0.15) is 11.6 Å². The van der Waals surface area contributed by atoms with E-state index in [-0.39, 0.29) is 0 Å². The van der Waals surface area contributed by atoms with Gasteiger partial charge in [-0.15, -0.1) is 0 Å². The molecule has 0 aliphatic rings. The lowest BCUT2D eigenvalue weighted by atomic mass is 10.1. The molecule has 5 heteroatoms. The van der Waals surface area contributed by atoms with Crippen molar-refractivity contribution in [1.82, 2.24) is 9.97 Å². The Kier molecular flexibility index (Phi) is 5.39. The van der Waals surface area contributed by atoms with Crippen molar-refractivity contribution in [2.45, 2.75) is 40.5 Å². The molecule has 0 spiro atoms. The fraction of sp³-hybridized carbons (Fsp3) is 0.500. The normalized spacial score (nSPS) is 11.1. The highest BCUT2D eigenvalue weighted by atomic mass is 79.9. The smallest absolute Gasteiger partial charge is 0.197 e. The number of nitrogens with zero attached hydrogens (tertiary/aromatic N) is 2. The molecule has 0 saturated carbocycles. The van der Waals surface area contributed by atoms with Crippen LogP contribution in [0.3, 0.4) is 0 Å². The van der Waals surface area contributed by atoms with Crippen LogP contribution in [-0.2, 0) is 12.8 Å². The van der Waals surface area contributed by atoms with E-state index >= 15 is 0 Å². The molecular formula is C16H22BrN3O. The maximum absolute atomic E-state index is 5.78. The highest BCUT2D eigenvalue weighted by molar-refractivity contribution is 9.10. The molecule has 2 rings (SSSR count). The first kappa shape index (κ1) is 16.0. The summed E-state index contributed by atoms with van der Waals surface area (Å²) in [5.74, 6) is 3.67. The number of nitrogens with one attached hydrogen (secondary N) is 1. The van der Waals surface area contributed by atoms with E-state index in [9.17, 15) is 0 Å². The molecular weight excluding hydrogens is 330 g/mol. The van der Waals surface area contributed by atoms with Gasteiger partial charge in [-0.3, -0.25) is 0 Å². The van der Waals surface area contributed by atoms with E-state index in [4.69, 9.17) is 4.42 Å². The number of anilines is 1. The van der Waals surface area contributed by atoms with E-state index in [2.05, 4.69) is 58.9 Å². The molecule has 0 aliphatic carbocycles. The van der Waals surface area contributed by atoms with Gasteiger partial charge in [-0.2, -0.15) is 0 Å². The number of hydrogen-bond donors (Lipinski definition) is 1. The zero-order valence-corrected chi connectivity index (χ0v) is 14.6. The molecule has 2 heterocycles. The van der Waals surface area contributed by atoms with Crippen LogP contribution in [0.1, 0.15) is 39.1 Å². The Morgan fingerprint density at radius 3 is 2.57 bits per heavy atom. The second-order valence-corrected chi connectivity index (χ2v) is 6.20. The standard InChI is InChI=1S/C16H22BrN3O/c1-5-11-7-8-13(21-11)15-19-12(9-10(3)4)14(17)16(20-15)18-6-2/h7-8,10H,5-6,9H2,1-4H3,(H,18,19,20). The van der Waals surface area contributed by atoms with Gasteiger partial charge < -0.3 is 9.73 Å². The monoisotopic (exact) mass is 351 g/mol. The Balaban J connectivity index is 2.47. The van der Waals surface area contributed by atoms with E-state index in [0.29, 0.717) is 11.7 Å². The Bertz CT molecular complexity index is 608. The largest absolute Gasteiger partial charge is 0.458 e. The van der Waals surface area contributed by atoms with Crippen LogP contribution in [-0.4, -0.2) is 16.5 Å². The minimum atomic E-state index is 0.529. The lowest BCUT2D eigenvalue weighted by Gasteiger charge is -2.12. The average Bonchev–Trinajstić information content (AvgIpc) is 2.91. The summed E-state index contributed by atoms with van der Waals surface area (Å²) in [7, 11) is 0. The Hall–Kier alpha value is -1.36. The highest BCUT2D eigenvalue weighted by Gasteiger charge is 2.16. The fourth-order valence-electron chi connectivity index (χ4n) is 2.10. The van der Waals surface area contributed by atoms with Crippen molar-refractivity contribution in [3.63, 3.8) is 0 Å². The molecule has 0 saturated heterocycles. The van der Waals surface area contributed by atoms with Gasteiger partial charge in [-0.05, 0) is 47.3 Å². The molecule has 0 amide bonds. The van der Waals surface area contributed by atoms with E-state index in [1.54, 1.807) is 0 Å². The lowest BCUT2D eigenvalue weighted by Crippen LogP contribution is -2.07. The third-order valence-electron chi connectivity index (χ3n) is 3.10. The van der Waals surface area contributed by atoms with Crippen LogP contribution >= 0.6 is 15.9 Å². The summed E-state index contributed by atoms with van der Waals surface area (Å²) in [6.45, 7) is 9.30. The first-order valence-electron chi connectivity index (χ1n) is 7.44. The van der Waals surface area contributed by atoms with Gasteiger partial charge in [-0.1, -0.05) is 20.8 Å². The first-order valence-corrected chi connectivity index (χ1v) is 8.23. The maximum atomic E-state index is 5.78. The predicted molar refractivity (Wildman–Crippen MR) is 89.5 cm³/mol. The second-order valence-electron chi connectivity index (χ2n) is 5.40. The molecule has 0 aliphatic heterocycles. The molecule has 21 heavy (non-hydrogen) atoms. The molecule has 114 valence electrons. The summed E-state index contributed by atoms with van der Waals surface area (Å²) in [5.41, 5.74) is 1.01. The molecule has 1 N–H and O–H groups in total. The minimum absolute atomic E-state index is 0.529. The van der Waals surface area contributed by atoms with Crippen LogP contribution in [0.2, 0.25) is 0 Å². The van der Waals surface area contributed by atoms with Gasteiger partial charge in [0.25, 0.3) is 0 Å². The summed E-state index contributed by atoms with van der Waals surface area (Å²) in [4.78, 5) is 9.27. The van der Waals surface area contributed by atoms with Gasteiger partial charge in [0.15, 0.2) is 11.6 Å². The number of hydrogen-bond acceptors (Lipinski definition) is 4. The van der Waals surface area contributed by atoms with Crippen molar-refractivity contribution < 1.29 is 4.42 Å². The third-order valence-corrected chi connectivity index (χ3v) is 3.93.